The van der Waals surface area contributed by atoms with Crippen molar-refractivity contribution in [3.8, 4) is 0 Å². The van der Waals surface area contributed by atoms with E-state index in [1.54, 1.807) is 0 Å². The van der Waals surface area contributed by atoms with Crippen LogP contribution in [0.15, 0.2) is 42.5 Å². The highest BCUT2D eigenvalue weighted by atomic mass is 14.7. The average molecular weight is 188 g/mol. The van der Waals surface area contributed by atoms with Gasteiger partial charge in [0.15, 0.2) is 0 Å². The molecule has 14 heavy (non-hydrogen) atoms. The predicted octanol–water partition coefficient (Wildman–Crippen LogP) is 2.26. The van der Waals surface area contributed by atoms with Gasteiger partial charge in [-0.2, -0.15) is 0 Å². The van der Waals surface area contributed by atoms with Gasteiger partial charge in [-0.1, -0.05) is 36.4 Å². The summed E-state index contributed by atoms with van der Waals surface area (Å²) in [6, 6.07) is 14.1. The number of nitrogens with two attached hydrogens (primary N) is 1. The van der Waals surface area contributed by atoms with Crippen molar-refractivity contribution in [2.24, 2.45) is 0 Å². The van der Waals surface area contributed by atoms with E-state index in [4.69, 9.17) is 5.73 Å². The average Bonchev–Trinajstić information content (AvgIpc) is 2.20. The van der Waals surface area contributed by atoms with Crippen molar-refractivity contribution >= 4 is 16.5 Å². The fraction of sp³-hybridized carbons (Fsp3) is 0.167. The molecule has 74 valence electrons. The summed E-state index contributed by atoms with van der Waals surface area (Å²) in [6.07, 6.45) is 0. The molecule has 2 aromatic rings. The lowest BCUT2D eigenvalue weighted by atomic mass is 10.1. The van der Waals surface area contributed by atoms with E-state index in [0.717, 1.165) is 11.1 Å². The van der Waals surface area contributed by atoms with Gasteiger partial charge in [0.2, 0.25) is 0 Å². The van der Waals surface area contributed by atoms with E-state index in [0.29, 0.717) is 0 Å². The van der Waals surface area contributed by atoms with Crippen LogP contribution in [-0.2, 0) is 0 Å². The van der Waals surface area contributed by atoms with Crippen molar-refractivity contribution in [3.63, 3.8) is 0 Å². The monoisotopic (exact) mass is 188 g/mol. The topological polar surface area (TPSA) is 38.0 Å². The van der Waals surface area contributed by atoms with Crippen LogP contribution in [0.25, 0.3) is 10.8 Å². The van der Waals surface area contributed by atoms with Crippen LogP contribution >= 0.6 is 0 Å². The first-order chi connectivity index (χ1) is 6.79. The van der Waals surface area contributed by atoms with Gasteiger partial charge in [0.1, 0.15) is 0 Å². The molecule has 0 spiro atoms. The Kier molecular flexibility index (Phi) is 3.95. The second-order valence-electron chi connectivity index (χ2n) is 3.07. The number of hydrogen-bond donors (Lipinski definition) is 2. The number of anilines is 1. The first kappa shape index (κ1) is 10.5. The normalized spacial score (nSPS) is 9.29. The third-order valence-corrected chi connectivity index (χ3v) is 1.82. The van der Waals surface area contributed by atoms with E-state index < -0.39 is 0 Å². The summed E-state index contributed by atoms with van der Waals surface area (Å²) in [4.78, 5) is 0. The molecule has 2 heteroatoms. The maximum atomic E-state index is 5.76. The molecular weight excluding hydrogens is 172 g/mol. The zero-order valence-electron chi connectivity index (χ0n) is 8.62. The third kappa shape index (κ3) is 2.47. The van der Waals surface area contributed by atoms with Crippen molar-refractivity contribution in [2.75, 3.05) is 19.8 Å². The minimum Gasteiger partial charge on any atom is -0.398 e. The largest absolute Gasteiger partial charge is 0.398 e. The minimum absolute atomic E-state index is 0.850. The van der Waals surface area contributed by atoms with Gasteiger partial charge in [0.05, 0.1) is 0 Å². The molecule has 0 unspecified atom stereocenters. The maximum absolute atomic E-state index is 5.76. The van der Waals surface area contributed by atoms with Crippen molar-refractivity contribution in [1.82, 2.24) is 5.32 Å². The Bertz CT molecular complexity index is 391. The predicted molar refractivity (Wildman–Crippen MR) is 63.3 cm³/mol. The lowest BCUT2D eigenvalue weighted by Crippen LogP contribution is -1.89. The molecule has 0 heterocycles. The lowest BCUT2D eigenvalue weighted by molar-refractivity contribution is 1.02. The standard InChI is InChI=1S/C10H9N.C2H7N/c11-10-7-3-5-8-4-1-2-6-9(8)10;1-3-2/h1-7H,11H2;3H,1-2H3. The number of hydrogen-bond acceptors (Lipinski definition) is 2. The second kappa shape index (κ2) is 5.25. The Balaban J connectivity index is 0.000000293. The summed E-state index contributed by atoms with van der Waals surface area (Å²) >= 11 is 0. The van der Waals surface area contributed by atoms with Crippen molar-refractivity contribution < 1.29 is 0 Å². The van der Waals surface area contributed by atoms with Crippen LogP contribution in [0.1, 0.15) is 0 Å². The molecule has 0 amide bonds. The van der Waals surface area contributed by atoms with E-state index in [-0.39, 0.29) is 0 Å². The first-order valence-corrected chi connectivity index (χ1v) is 4.61. The summed E-state index contributed by atoms with van der Waals surface area (Å²) in [5.74, 6) is 0. The van der Waals surface area contributed by atoms with Gasteiger partial charge < -0.3 is 11.1 Å². The Morgan fingerprint density at radius 2 is 1.50 bits per heavy atom. The van der Waals surface area contributed by atoms with E-state index in [1.165, 1.54) is 5.39 Å². The van der Waals surface area contributed by atoms with Gasteiger partial charge in [-0.3, -0.25) is 0 Å². The fourth-order valence-electron chi connectivity index (χ4n) is 1.25. The number of benzene rings is 2. The molecule has 0 atom stereocenters. The van der Waals surface area contributed by atoms with Crippen molar-refractivity contribution in [3.05, 3.63) is 42.5 Å². The maximum Gasteiger partial charge on any atom is 0.0393 e. The zero-order valence-corrected chi connectivity index (χ0v) is 8.62. The van der Waals surface area contributed by atoms with Crippen LogP contribution in [0.3, 0.4) is 0 Å². The minimum atomic E-state index is 0.850. The summed E-state index contributed by atoms with van der Waals surface area (Å²) in [7, 11) is 3.75. The molecule has 0 aliphatic rings. The Morgan fingerprint density at radius 3 is 2.14 bits per heavy atom. The number of nitrogen functional groups attached to an aromatic ring is 1. The highest BCUT2D eigenvalue weighted by Crippen LogP contribution is 2.19. The van der Waals surface area contributed by atoms with Crippen LogP contribution in [-0.4, -0.2) is 14.1 Å². The van der Waals surface area contributed by atoms with Crippen molar-refractivity contribution in [2.45, 2.75) is 0 Å². The highest BCUT2D eigenvalue weighted by molar-refractivity contribution is 5.92. The molecule has 0 radical (unpaired) electrons. The first-order valence-electron chi connectivity index (χ1n) is 4.61. The molecule has 0 saturated carbocycles. The number of rotatable bonds is 0. The van der Waals surface area contributed by atoms with E-state index >= 15 is 0 Å². The molecule has 2 aromatic carbocycles. The van der Waals surface area contributed by atoms with Gasteiger partial charge in [-0.15, -0.1) is 0 Å². The quantitative estimate of drug-likeness (QED) is 0.622. The molecule has 0 bridgehead atoms. The Morgan fingerprint density at radius 1 is 0.929 bits per heavy atom. The number of fused-ring (bicyclic) bond motifs is 1. The van der Waals surface area contributed by atoms with Crippen molar-refractivity contribution in [1.29, 1.82) is 0 Å². The highest BCUT2D eigenvalue weighted by Gasteiger charge is 1.92. The van der Waals surface area contributed by atoms with E-state index in [9.17, 15) is 0 Å². The number of nitrogens with one attached hydrogen (secondary N) is 1. The van der Waals surface area contributed by atoms with Gasteiger partial charge in [-0.05, 0) is 25.5 Å². The third-order valence-electron chi connectivity index (χ3n) is 1.82. The van der Waals surface area contributed by atoms with Gasteiger partial charge in [-0.25, -0.2) is 0 Å². The van der Waals surface area contributed by atoms with Gasteiger partial charge in [0.25, 0.3) is 0 Å². The molecule has 0 aliphatic heterocycles. The van der Waals surface area contributed by atoms with E-state index in [2.05, 4.69) is 17.4 Å². The zero-order chi connectivity index (χ0) is 10.4. The molecule has 0 saturated heterocycles. The summed E-state index contributed by atoms with van der Waals surface area (Å²) in [6.45, 7) is 0. The SMILES string of the molecule is CNC.Nc1cccc2ccccc12. The van der Waals surface area contributed by atoms with Crippen LogP contribution in [0.4, 0.5) is 5.69 Å². The Hall–Kier alpha value is -1.54. The fourth-order valence-corrected chi connectivity index (χ4v) is 1.25. The molecule has 2 rings (SSSR count). The Labute approximate surface area is 84.7 Å². The summed E-state index contributed by atoms with van der Waals surface area (Å²) < 4.78 is 0. The smallest absolute Gasteiger partial charge is 0.0393 e. The molecule has 2 nitrogen and oxygen atoms in total. The van der Waals surface area contributed by atoms with Crippen LogP contribution in [0.5, 0.6) is 0 Å². The lowest BCUT2D eigenvalue weighted by Gasteiger charge is -1.98. The molecule has 3 N–H and O–H groups in total. The van der Waals surface area contributed by atoms with Crippen LogP contribution in [0, 0.1) is 0 Å². The van der Waals surface area contributed by atoms with E-state index in [1.807, 2.05) is 44.4 Å². The molecular formula is C12H16N2. The van der Waals surface area contributed by atoms with Gasteiger partial charge >= 0.3 is 0 Å². The van der Waals surface area contributed by atoms with Crippen LogP contribution < -0.4 is 11.1 Å². The molecule has 0 fully saturated rings. The van der Waals surface area contributed by atoms with Gasteiger partial charge in [0, 0.05) is 11.1 Å². The summed E-state index contributed by atoms with van der Waals surface area (Å²) in [5, 5.41) is 5.09. The molecule has 0 aliphatic carbocycles. The molecule has 0 aromatic heterocycles. The second-order valence-corrected chi connectivity index (χ2v) is 3.07. The van der Waals surface area contributed by atoms with Crippen LogP contribution in [0.2, 0.25) is 0 Å². The summed E-state index contributed by atoms with van der Waals surface area (Å²) in [5.41, 5.74) is 6.61.